The molecular weight excluding hydrogens is 184 g/mol. The first-order valence-corrected chi connectivity index (χ1v) is 5.62. The third-order valence-electron chi connectivity index (χ3n) is 2.11. The highest BCUT2D eigenvalue weighted by atomic mass is 15.1. The molecule has 0 aromatic carbocycles. The molecule has 0 fully saturated rings. The highest BCUT2D eigenvalue weighted by molar-refractivity contribution is 5.04. The second-order valence-corrected chi connectivity index (χ2v) is 3.61. The molecule has 2 N–H and O–H groups in total. The summed E-state index contributed by atoms with van der Waals surface area (Å²) in [7, 11) is 2.14. The van der Waals surface area contributed by atoms with E-state index in [1.807, 2.05) is 6.08 Å². The van der Waals surface area contributed by atoms with E-state index in [0.29, 0.717) is 0 Å². The molecule has 2 heteroatoms. The van der Waals surface area contributed by atoms with Crippen molar-refractivity contribution in [1.29, 1.82) is 0 Å². The van der Waals surface area contributed by atoms with E-state index in [4.69, 9.17) is 5.73 Å². The van der Waals surface area contributed by atoms with Gasteiger partial charge in [0.25, 0.3) is 0 Å². The molecule has 0 saturated heterocycles. The van der Waals surface area contributed by atoms with Crippen molar-refractivity contribution < 1.29 is 0 Å². The van der Waals surface area contributed by atoms with Gasteiger partial charge in [0.1, 0.15) is 0 Å². The monoisotopic (exact) mass is 208 g/mol. The zero-order chi connectivity index (χ0) is 11.4. The SMILES string of the molecule is C=CC/C=C\C=C/CCN(C)CCCN. The maximum atomic E-state index is 5.44. The molecule has 0 aliphatic heterocycles. The van der Waals surface area contributed by atoms with Crippen LogP contribution in [0, 0.1) is 0 Å². The van der Waals surface area contributed by atoms with Crippen LogP contribution in [0.3, 0.4) is 0 Å². The average Bonchev–Trinajstić information content (AvgIpc) is 2.25. The van der Waals surface area contributed by atoms with Gasteiger partial charge in [0, 0.05) is 6.54 Å². The van der Waals surface area contributed by atoms with Gasteiger partial charge in [-0.25, -0.2) is 0 Å². The quantitative estimate of drug-likeness (QED) is 0.465. The summed E-state index contributed by atoms with van der Waals surface area (Å²) in [6.07, 6.45) is 13.5. The van der Waals surface area contributed by atoms with Crippen LogP contribution in [0.5, 0.6) is 0 Å². The Hall–Kier alpha value is -0.860. The van der Waals surface area contributed by atoms with E-state index in [0.717, 1.165) is 38.9 Å². The topological polar surface area (TPSA) is 29.3 Å². The van der Waals surface area contributed by atoms with Crippen LogP contribution in [0.2, 0.25) is 0 Å². The first kappa shape index (κ1) is 14.1. The van der Waals surface area contributed by atoms with Gasteiger partial charge in [-0.15, -0.1) is 6.58 Å². The summed E-state index contributed by atoms with van der Waals surface area (Å²) in [6, 6.07) is 0. The Labute approximate surface area is 94.1 Å². The lowest BCUT2D eigenvalue weighted by atomic mass is 10.3. The molecule has 0 aromatic heterocycles. The fourth-order valence-electron chi connectivity index (χ4n) is 1.20. The minimum absolute atomic E-state index is 0.782. The summed E-state index contributed by atoms with van der Waals surface area (Å²) in [5.41, 5.74) is 5.44. The van der Waals surface area contributed by atoms with Gasteiger partial charge in [0.2, 0.25) is 0 Å². The van der Waals surface area contributed by atoms with E-state index in [1.54, 1.807) is 0 Å². The van der Waals surface area contributed by atoms with E-state index >= 15 is 0 Å². The second kappa shape index (κ2) is 11.2. The van der Waals surface area contributed by atoms with E-state index < -0.39 is 0 Å². The summed E-state index contributed by atoms with van der Waals surface area (Å²) in [6.45, 7) is 6.63. The Morgan fingerprint density at radius 1 is 1.20 bits per heavy atom. The summed E-state index contributed by atoms with van der Waals surface area (Å²) >= 11 is 0. The number of rotatable bonds is 9. The zero-order valence-corrected chi connectivity index (χ0v) is 9.86. The molecule has 0 spiro atoms. The molecule has 0 aromatic rings. The molecule has 0 radical (unpaired) electrons. The molecular formula is C13H24N2. The molecule has 0 unspecified atom stereocenters. The van der Waals surface area contributed by atoms with Crippen LogP contribution in [0.4, 0.5) is 0 Å². The van der Waals surface area contributed by atoms with Crippen molar-refractivity contribution in [1.82, 2.24) is 4.90 Å². The molecule has 0 heterocycles. The van der Waals surface area contributed by atoms with Gasteiger partial charge in [-0.05, 0) is 39.4 Å². The minimum atomic E-state index is 0.782. The van der Waals surface area contributed by atoms with Gasteiger partial charge in [0.15, 0.2) is 0 Å². The van der Waals surface area contributed by atoms with Crippen LogP contribution >= 0.6 is 0 Å². The summed E-state index contributed by atoms with van der Waals surface area (Å²) in [5.74, 6) is 0. The first-order chi connectivity index (χ1) is 7.31. The van der Waals surface area contributed by atoms with Gasteiger partial charge < -0.3 is 10.6 Å². The smallest absolute Gasteiger partial charge is 0.00130 e. The van der Waals surface area contributed by atoms with Gasteiger partial charge >= 0.3 is 0 Å². The van der Waals surface area contributed by atoms with E-state index in [1.165, 1.54) is 0 Å². The molecule has 2 nitrogen and oxygen atoms in total. The Kier molecular flexibility index (Phi) is 10.6. The molecule has 0 saturated carbocycles. The number of hydrogen-bond acceptors (Lipinski definition) is 2. The molecule has 0 aliphatic rings. The van der Waals surface area contributed by atoms with Gasteiger partial charge in [-0.1, -0.05) is 30.4 Å². The maximum absolute atomic E-state index is 5.44. The van der Waals surface area contributed by atoms with Crippen LogP contribution in [0.1, 0.15) is 19.3 Å². The standard InChI is InChI=1S/C13H24N2/c1-3-4-5-6-7-8-9-12-15(2)13-10-11-14/h3,5-8H,1,4,9-14H2,2H3/b6-5-,8-7-. The van der Waals surface area contributed by atoms with E-state index in [9.17, 15) is 0 Å². The van der Waals surface area contributed by atoms with Crippen LogP contribution in [0.15, 0.2) is 37.0 Å². The number of allylic oxidation sites excluding steroid dienone is 4. The van der Waals surface area contributed by atoms with Crippen molar-refractivity contribution in [3.8, 4) is 0 Å². The van der Waals surface area contributed by atoms with Crippen LogP contribution in [0.25, 0.3) is 0 Å². The maximum Gasteiger partial charge on any atom is 0.00130 e. The predicted octanol–water partition coefficient (Wildman–Crippen LogP) is 2.35. The lowest BCUT2D eigenvalue weighted by molar-refractivity contribution is 0.338. The lowest BCUT2D eigenvalue weighted by Gasteiger charge is -2.14. The summed E-state index contributed by atoms with van der Waals surface area (Å²) in [5, 5.41) is 0. The number of nitrogens with zero attached hydrogens (tertiary/aromatic N) is 1. The zero-order valence-electron chi connectivity index (χ0n) is 9.86. The van der Waals surface area contributed by atoms with Crippen molar-refractivity contribution in [3.63, 3.8) is 0 Å². The predicted molar refractivity (Wildman–Crippen MR) is 68.9 cm³/mol. The number of nitrogens with two attached hydrogens (primary N) is 1. The van der Waals surface area contributed by atoms with Crippen molar-refractivity contribution >= 4 is 0 Å². The van der Waals surface area contributed by atoms with Gasteiger partial charge in [0.05, 0.1) is 0 Å². The molecule has 0 bridgehead atoms. The molecule has 0 aliphatic carbocycles. The van der Waals surface area contributed by atoms with Crippen molar-refractivity contribution in [3.05, 3.63) is 37.0 Å². The number of hydrogen-bond donors (Lipinski definition) is 1. The lowest BCUT2D eigenvalue weighted by Crippen LogP contribution is -2.22. The van der Waals surface area contributed by atoms with Crippen molar-refractivity contribution in [2.45, 2.75) is 19.3 Å². The highest BCUT2D eigenvalue weighted by Crippen LogP contribution is 1.92. The Balaban J connectivity index is 3.39. The van der Waals surface area contributed by atoms with Crippen molar-refractivity contribution in [2.24, 2.45) is 5.73 Å². The van der Waals surface area contributed by atoms with Crippen LogP contribution < -0.4 is 5.73 Å². The van der Waals surface area contributed by atoms with Gasteiger partial charge in [-0.3, -0.25) is 0 Å². The second-order valence-electron chi connectivity index (χ2n) is 3.61. The Morgan fingerprint density at radius 3 is 2.60 bits per heavy atom. The fraction of sp³-hybridized carbons (Fsp3) is 0.538. The molecule has 0 amide bonds. The Bertz CT molecular complexity index is 195. The fourth-order valence-corrected chi connectivity index (χ4v) is 1.20. The Morgan fingerprint density at radius 2 is 1.93 bits per heavy atom. The van der Waals surface area contributed by atoms with Crippen LogP contribution in [-0.4, -0.2) is 31.6 Å². The highest BCUT2D eigenvalue weighted by Gasteiger charge is 1.93. The molecule has 86 valence electrons. The third-order valence-corrected chi connectivity index (χ3v) is 2.11. The first-order valence-electron chi connectivity index (χ1n) is 5.62. The van der Waals surface area contributed by atoms with Crippen LogP contribution in [-0.2, 0) is 0 Å². The third kappa shape index (κ3) is 11.1. The molecule has 15 heavy (non-hydrogen) atoms. The normalized spacial score (nSPS) is 11.9. The average molecular weight is 208 g/mol. The summed E-state index contributed by atoms with van der Waals surface area (Å²) in [4.78, 5) is 2.31. The minimum Gasteiger partial charge on any atom is -0.330 e. The van der Waals surface area contributed by atoms with E-state index in [2.05, 4.69) is 42.8 Å². The molecule has 0 rings (SSSR count). The van der Waals surface area contributed by atoms with Crippen molar-refractivity contribution in [2.75, 3.05) is 26.7 Å². The summed E-state index contributed by atoms with van der Waals surface area (Å²) < 4.78 is 0. The van der Waals surface area contributed by atoms with E-state index in [-0.39, 0.29) is 0 Å². The largest absolute Gasteiger partial charge is 0.330 e. The molecule has 0 atom stereocenters. The van der Waals surface area contributed by atoms with Gasteiger partial charge in [-0.2, -0.15) is 0 Å².